The van der Waals surface area contributed by atoms with Gasteiger partial charge in [-0.05, 0) is 16.5 Å². The molecule has 138 valence electrons. The van der Waals surface area contributed by atoms with Crippen LogP contribution < -0.4 is 11.2 Å². The van der Waals surface area contributed by atoms with Crippen molar-refractivity contribution in [2.45, 2.75) is 32.7 Å². The van der Waals surface area contributed by atoms with Crippen LogP contribution in [0.3, 0.4) is 0 Å². The number of aliphatic hydroxyl groups excluding tert-OH is 1. The molecule has 0 unspecified atom stereocenters. The fourth-order valence-corrected chi connectivity index (χ4v) is 3.31. The van der Waals surface area contributed by atoms with E-state index in [1.165, 1.54) is 17.2 Å². The van der Waals surface area contributed by atoms with E-state index in [9.17, 15) is 14.7 Å². The fraction of sp³-hybridized carbons (Fsp3) is 0.400. The number of hydrogen-bond donors (Lipinski definition) is 1. The average Bonchev–Trinajstić information content (AvgIpc) is 2.97. The Morgan fingerprint density at radius 1 is 1.00 bits per heavy atom. The van der Waals surface area contributed by atoms with Gasteiger partial charge in [0.15, 0.2) is 0 Å². The summed E-state index contributed by atoms with van der Waals surface area (Å²) >= 11 is 0. The minimum Gasteiger partial charge on any atom is -0.395 e. The summed E-state index contributed by atoms with van der Waals surface area (Å²) in [6, 6.07) is 8.11. The van der Waals surface area contributed by atoms with Gasteiger partial charge in [0.05, 0.1) is 23.2 Å². The Morgan fingerprint density at radius 2 is 1.62 bits per heavy atom. The third kappa shape index (κ3) is 2.80. The van der Waals surface area contributed by atoms with Crippen molar-refractivity contribution in [3.05, 3.63) is 56.9 Å². The molecule has 1 aromatic carbocycles. The summed E-state index contributed by atoms with van der Waals surface area (Å²) < 4.78 is 4.44. The number of nitrogens with zero attached hydrogens (tertiary/aromatic N) is 3. The standard InChI is InChI=1S/C20H25N3O3/c1-20(2,3)14-8-6-13(7-9-14)17-16-15(12-23(17)10-11-24)21(4)19(26)22(5)18(16)25/h6-9,12,24H,10-11H2,1-5H3. The SMILES string of the molecule is Cn1c(=O)c2c(-c3ccc(C(C)(C)C)cc3)n(CCO)cc2n(C)c1=O. The number of hydrogen-bond acceptors (Lipinski definition) is 3. The molecular formula is C20H25N3O3. The van der Waals surface area contributed by atoms with Crippen LogP contribution >= 0.6 is 0 Å². The highest BCUT2D eigenvalue weighted by Crippen LogP contribution is 2.30. The van der Waals surface area contributed by atoms with Gasteiger partial charge in [-0.15, -0.1) is 0 Å². The van der Waals surface area contributed by atoms with Crippen LogP contribution in [0, 0.1) is 0 Å². The third-order valence-electron chi connectivity index (χ3n) is 4.88. The van der Waals surface area contributed by atoms with Gasteiger partial charge in [-0.3, -0.25) is 13.9 Å². The maximum atomic E-state index is 12.8. The molecule has 0 saturated carbocycles. The quantitative estimate of drug-likeness (QED) is 0.781. The van der Waals surface area contributed by atoms with Crippen molar-refractivity contribution in [3.63, 3.8) is 0 Å². The lowest BCUT2D eigenvalue weighted by molar-refractivity contribution is 0.277. The Kier molecular flexibility index (Phi) is 4.40. The van der Waals surface area contributed by atoms with Crippen LogP contribution in [0.5, 0.6) is 0 Å². The van der Waals surface area contributed by atoms with Crippen molar-refractivity contribution >= 4 is 10.9 Å². The smallest absolute Gasteiger partial charge is 0.330 e. The second-order valence-electron chi connectivity index (χ2n) is 7.69. The molecule has 0 fully saturated rings. The van der Waals surface area contributed by atoms with Crippen LogP contribution in [0.15, 0.2) is 40.1 Å². The van der Waals surface area contributed by atoms with E-state index in [1.807, 2.05) is 16.7 Å². The summed E-state index contributed by atoms with van der Waals surface area (Å²) in [5.74, 6) is 0. The van der Waals surface area contributed by atoms with E-state index in [0.29, 0.717) is 17.4 Å². The number of aromatic nitrogens is 3. The van der Waals surface area contributed by atoms with E-state index in [1.54, 1.807) is 13.2 Å². The van der Waals surface area contributed by atoms with E-state index in [0.717, 1.165) is 15.8 Å². The predicted octanol–water partition coefficient (Wildman–Crippen LogP) is 2.00. The molecular weight excluding hydrogens is 330 g/mol. The monoisotopic (exact) mass is 355 g/mol. The molecule has 3 aromatic rings. The van der Waals surface area contributed by atoms with Crippen molar-refractivity contribution in [3.8, 4) is 11.3 Å². The van der Waals surface area contributed by atoms with E-state index in [4.69, 9.17) is 0 Å². The zero-order valence-corrected chi connectivity index (χ0v) is 15.9. The summed E-state index contributed by atoms with van der Waals surface area (Å²) in [5, 5.41) is 9.93. The third-order valence-corrected chi connectivity index (χ3v) is 4.88. The highest BCUT2D eigenvalue weighted by atomic mass is 16.3. The average molecular weight is 355 g/mol. The molecule has 0 atom stereocenters. The van der Waals surface area contributed by atoms with Crippen molar-refractivity contribution < 1.29 is 5.11 Å². The van der Waals surface area contributed by atoms with Crippen LogP contribution in [0.1, 0.15) is 26.3 Å². The van der Waals surface area contributed by atoms with Gasteiger partial charge in [0.2, 0.25) is 0 Å². The Bertz CT molecular complexity index is 1080. The summed E-state index contributed by atoms with van der Waals surface area (Å²) in [4.78, 5) is 25.1. The van der Waals surface area contributed by atoms with E-state index >= 15 is 0 Å². The lowest BCUT2D eigenvalue weighted by Gasteiger charge is -2.19. The molecule has 0 spiro atoms. The summed E-state index contributed by atoms with van der Waals surface area (Å²) in [5.41, 5.74) is 2.73. The van der Waals surface area contributed by atoms with E-state index in [2.05, 4.69) is 32.9 Å². The van der Waals surface area contributed by atoms with Crippen LogP contribution in [-0.2, 0) is 26.1 Å². The van der Waals surface area contributed by atoms with Gasteiger partial charge in [-0.2, -0.15) is 0 Å². The molecule has 6 nitrogen and oxygen atoms in total. The molecule has 1 N–H and O–H groups in total. The second kappa shape index (κ2) is 6.29. The summed E-state index contributed by atoms with van der Waals surface area (Å²) in [6.07, 6.45) is 1.77. The first-order valence-corrected chi connectivity index (χ1v) is 8.67. The molecule has 0 aliphatic carbocycles. The lowest BCUT2D eigenvalue weighted by Crippen LogP contribution is -2.36. The maximum Gasteiger partial charge on any atom is 0.330 e. The zero-order chi connectivity index (χ0) is 19.2. The van der Waals surface area contributed by atoms with Crippen LogP contribution in [0.4, 0.5) is 0 Å². The van der Waals surface area contributed by atoms with Gasteiger partial charge in [-0.1, -0.05) is 45.0 Å². The van der Waals surface area contributed by atoms with Crippen molar-refractivity contribution in [1.82, 2.24) is 13.7 Å². The minimum absolute atomic E-state index is 0.0354. The number of benzene rings is 1. The molecule has 0 radical (unpaired) electrons. The number of aryl methyl sites for hydroxylation is 1. The number of fused-ring (bicyclic) bond motifs is 1. The first-order chi connectivity index (χ1) is 12.2. The topological polar surface area (TPSA) is 69.2 Å². The van der Waals surface area contributed by atoms with Crippen molar-refractivity contribution in [1.29, 1.82) is 0 Å². The predicted molar refractivity (Wildman–Crippen MR) is 104 cm³/mol. The maximum absolute atomic E-state index is 12.8. The van der Waals surface area contributed by atoms with E-state index < -0.39 is 0 Å². The zero-order valence-electron chi connectivity index (χ0n) is 15.9. The Labute approximate surface area is 151 Å². The number of rotatable bonds is 3. The summed E-state index contributed by atoms with van der Waals surface area (Å²) in [7, 11) is 3.14. The molecule has 2 heterocycles. The van der Waals surface area contributed by atoms with Gasteiger partial charge in [0.25, 0.3) is 5.56 Å². The van der Waals surface area contributed by atoms with Gasteiger partial charge in [-0.25, -0.2) is 4.79 Å². The highest BCUT2D eigenvalue weighted by molar-refractivity contribution is 5.93. The molecule has 6 heteroatoms. The largest absolute Gasteiger partial charge is 0.395 e. The van der Waals surface area contributed by atoms with Gasteiger partial charge in [0, 0.05) is 26.8 Å². The van der Waals surface area contributed by atoms with Crippen LogP contribution in [0.25, 0.3) is 22.2 Å². The first kappa shape index (κ1) is 18.2. The molecule has 26 heavy (non-hydrogen) atoms. The fourth-order valence-electron chi connectivity index (χ4n) is 3.31. The highest BCUT2D eigenvalue weighted by Gasteiger charge is 2.20. The minimum atomic E-state index is -0.363. The Hall–Kier alpha value is -2.60. The molecule has 0 aliphatic rings. The summed E-state index contributed by atoms with van der Waals surface area (Å²) in [6.45, 7) is 6.75. The van der Waals surface area contributed by atoms with Gasteiger partial charge >= 0.3 is 5.69 Å². The molecule has 0 amide bonds. The molecule has 3 rings (SSSR count). The van der Waals surface area contributed by atoms with Gasteiger partial charge in [0.1, 0.15) is 0 Å². The molecule has 0 bridgehead atoms. The Balaban J connectivity index is 2.36. The second-order valence-corrected chi connectivity index (χ2v) is 7.69. The molecule has 0 saturated heterocycles. The van der Waals surface area contributed by atoms with Crippen LogP contribution in [-0.4, -0.2) is 25.4 Å². The Morgan fingerprint density at radius 3 is 2.15 bits per heavy atom. The normalized spacial score (nSPS) is 12.1. The lowest BCUT2D eigenvalue weighted by atomic mass is 9.86. The molecule has 2 aromatic heterocycles. The van der Waals surface area contributed by atoms with Crippen molar-refractivity contribution in [2.75, 3.05) is 6.61 Å². The van der Waals surface area contributed by atoms with E-state index in [-0.39, 0.29) is 23.3 Å². The molecule has 0 aliphatic heterocycles. The number of aliphatic hydroxyl groups is 1. The van der Waals surface area contributed by atoms with Crippen LogP contribution in [0.2, 0.25) is 0 Å². The van der Waals surface area contributed by atoms with Crippen molar-refractivity contribution in [2.24, 2.45) is 14.1 Å². The van der Waals surface area contributed by atoms with Gasteiger partial charge < -0.3 is 9.67 Å². The first-order valence-electron chi connectivity index (χ1n) is 8.67.